The first-order valence-corrected chi connectivity index (χ1v) is 6.81. The molecule has 1 aliphatic rings. The molecule has 0 bridgehead atoms. The Labute approximate surface area is 118 Å². The standard InChI is InChI=1S/C15H20N2O3/c1-2-15(14(19)20)6-7-17(10-15)9-11-4-3-5-12(8-11)13(16)18/h3-5,8H,2,6-7,9-10H2,1H3,(H2,16,18)(H,19,20). The fourth-order valence-electron chi connectivity index (χ4n) is 2.79. The third kappa shape index (κ3) is 2.82. The van der Waals surface area contributed by atoms with Crippen LogP contribution in [0.5, 0.6) is 0 Å². The predicted octanol–water partition coefficient (Wildman–Crippen LogP) is 1.47. The molecule has 1 heterocycles. The SMILES string of the molecule is CCC1(C(=O)O)CCN(Cc2cccc(C(N)=O)c2)C1. The molecule has 0 saturated carbocycles. The lowest BCUT2D eigenvalue weighted by Gasteiger charge is -2.23. The Bertz CT molecular complexity index is 530. The second-order valence-corrected chi connectivity index (χ2v) is 5.46. The zero-order chi connectivity index (χ0) is 14.8. The van der Waals surface area contributed by atoms with E-state index in [-0.39, 0.29) is 0 Å². The van der Waals surface area contributed by atoms with Gasteiger partial charge >= 0.3 is 5.97 Å². The van der Waals surface area contributed by atoms with Gasteiger partial charge in [-0.2, -0.15) is 0 Å². The number of benzene rings is 1. The zero-order valence-corrected chi connectivity index (χ0v) is 11.6. The normalized spacial score (nSPS) is 22.9. The van der Waals surface area contributed by atoms with Gasteiger partial charge in [0.1, 0.15) is 0 Å². The van der Waals surface area contributed by atoms with Crippen molar-refractivity contribution in [3.63, 3.8) is 0 Å². The highest BCUT2D eigenvalue weighted by Gasteiger charge is 2.42. The average Bonchev–Trinajstić information content (AvgIpc) is 2.83. The first-order chi connectivity index (χ1) is 9.47. The number of aliphatic carboxylic acids is 1. The molecule has 1 aliphatic heterocycles. The van der Waals surface area contributed by atoms with Gasteiger partial charge in [-0.25, -0.2) is 0 Å². The molecule has 0 aromatic heterocycles. The van der Waals surface area contributed by atoms with Crippen LogP contribution in [0, 0.1) is 5.41 Å². The number of likely N-dealkylation sites (tertiary alicyclic amines) is 1. The molecule has 5 heteroatoms. The number of primary amides is 1. The molecular weight excluding hydrogens is 256 g/mol. The number of hydrogen-bond donors (Lipinski definition) is 2. The summed E-state index contributed by atoms with van der Waals surface area (Å²) in [7, 11) is 0. The number of rotatable bonds is 5. The highest BCUT2D eigenvalue weighted by atomic mass is 16.4. The fraction of sp³-hybridized carbons (Fsp3) is 0.467. The van der Waals surface area contributed by atoms with Gasteiger partial charge in [0.05, 0.1) is 5.41 Å². The molecule has 108 valence electrons. The summed E-state index contributed by atoms with van der Waals surface area (Å²) in [5.41, 5.74) is 6.11. The van der Waals surface area contributed by atoms with E-state index in [9.17, 15) is 14.7 Å². The maximum Gasteiger partial charge on any atom is 0.310 e. The topological polar surface area (TPSA) is 83.6 Å². The zero-order valence-electron chi connectivity index (χ0n) is 11.6. The minimum absolute atomic E-state index is 0.443. The van der Waals surface area contributed by atoms with Crippen LogP contribution in [0.4, 0.5) is 0 Å². The molecular formula is C15H20N2O3. The molecule has 1 atom stereocenters. The number of carboxylic acid groups (broad SMARTS) is 1. The van der Waals surface area contributed by atoms with Crippen LogP contribution >= 0.6 is 0 Å². The summed E-state index contributed by atoms with van der Waals surface area (Å²) in [5, 5.41) is 9.38. The highest BCUT2D eigenvalue weighted by Crippen LogP contribution is 2.34. The van der Waals surface area contributed by atoms with Crippen molar-refractivity contribution in [1.29, 1.82) is 0 Å². The molecule has 1 fully saturated rings. The fourth-order valence-corrected chi connectivity index (χ4v) is 2.79. The smallest absolute Gasteiger partial charge is 0.310 e. The molecule has 1 unspecified atom stereocenters. The van der Waals surface area contributed by atoms with E-state index in [0.717, 1.165) is 12.1 Å². The minimum atomic E-state index is -0.714. The van der Waals surface area contributed by atoms with Crippen molar-refractivity contribution >= 4 is 11.9 Å². The van der Waals surface area contributed by atoms with Crippen LogP contribution in [0.1, 0.15) is 35.7 Å². The van der Waals surface area contributed by atoms with Crippen molar-refractivity contribution in [1.82, 2.24) is 4.90 Å². The summed E-state index contributed by atoms with van der Waals surface area (Å²) in [6, 6.07) is 7.19. The Balaban J connectivity index is 2.07. The van der Waals surface area contributed by atoms with Crippen molar-refractivity contribution in [2.24, 2.45) is 11.1 Å². The monoisotopic (exact) mass is 276 g/mol. The van der Waals surface area contributed by atoms with Crippen LogP contribution in [0.3, 0.4) is 0 Å². The molecule has 1 saturated heterocycles. The molecule has 0 radical (unpaired) electrons. The maximum atomic E-state index is 11.4. The van der Waals surface area contributed by atoms with Crippen molar-refractivity contribution in [3.05, 3.63) is 35.4 Å². The summed E-state index contributed by atoms with van der Waals surface area (Å²) in [6.07, 6.45) is 1.31. The molecule has 1 aromatic rings. The third-order valence-electron chi connectivity index (χ3n) is 4.18. The predicted molar refractivity (Wildman–Crippen MR) is 75.2 cm³/mol. The number of nitrogens with two attached hydrogens (primary N) is 1. The van der Waals surface area contributed by atoms with E-state index >= 15 is 0 Å². The van der Waals surface area contributed by atoms with Gasteiger partial charge in [0.15, 0.2) is 0 Å². The van der Waals surface area contributed by atoms with Crippen molar-refractivity contribution in [2.45, 2.75) is 26.3 Å². The lowest BCUT2D eigenvalue weighted by atomic mass is 9.84. The van der Waals surface area contributed by atoms with Crippen LogP contribution < -0.4 is 5.73 Å². The van der Waals surface area contributed by atoms with E-state index in [4.69, 9.17) is 5.73 Å². The molecule has 3 N–H and O–H groups in total. The van der Waals surface area contributed by atoms with Gasteiger partial charge in [0, 0.05) is 18.7 Å². The van der Waals surface area contributed by atoms with Crippen LogP contribution in [0.25, 0.3) is 0 Å². The van der Waals surface area contributed by atoms with Crippen LogP contribution in [-0.4, -0.2) is 35.0 Å². The molecule has 20 heavy (non-hydrogen) atoms. The Hall–Kier alpha value is -1.88. The summed E-state index contributed by atoms with van der Waals surface area (Å²) >= 11 is 0. The minimum Gasteiger partial charge on any atom is -0.481 e. The van der Waals surface area contributed by atoms with Gasteiger partial charge < -0.3 is 10.8 Å². The molecule has 5 nitrogen and oxygen atoms in total. The van der Waals surface area contributed by atoms with Crippen LogP contribution in [0.2, 0.25) is 0 Å². The Morgan fingerprint density at radius 3 is 2.75 bits per heavy atom. The van der Waals surface area contributed by atoms with Gasteiger partial charge in [0.2, 0.25) is 5.91 Å². The van der Waals surface area contributed by atoms with E-state index in [1.807, 2.05) is 13.0 Å². The maximum absolute atomic E-state index is 11.4. The lowest BCUT2D eigenvalue weighted by molar-refractivity contribution is -0.148. The second kappa shape index (κ2) is 5.63. The molecule has 0 aliphatic carbocycles. The quantitative estimate of drug-likeness (QED) is 0.853. The molecule has 1 aromatic carbocycles. The van der Waals surface area contributed by atoms with Gasteiger partial charge in [-0.05, 0) is 37.1 Å². The second-order valence-electron chi connectivity index (χ2n) is 5.46. The van der Waals surface area contributed by atoms with Gasteiger partial charge in [-0.1, -0.05) is 19.1 Å². The van der Waals surface area contributed by atoms with E-state index in [1.165, 1.54) is 0 Å². The Morgan fingerprint density at radius 1 is 1.45 bits per heavy atom. The van der Waals surface area contributed by atoms with Crippen molar-refractivity contribution in [3.8, 4) is 0 Å². The largest absolute Gasteiger partial charge is 0.481 e. The first kappa shape index (κ1) is 14.5. The number of amides is 1. The summed E-state index contributed by atoms with van der Waals surface area (Å²) in [4.78, 5) is 24.7. The summed E-state index contributed by atoms with van der Waals surface area (Å²) < 4.78 is 0. The van der Waals surface area contributed by atoms with Crippen LogP contribution in [0.15, 0.2) is 24.3 Å². The van der Waals surface area contributed by atoms with E-state index in [2.05, 4.69) is 4.90 Å². The Morgan fingerprint density at radius 2 is 2.20 bits per heavy atom. The van der Waals surface area contributed by atoms with Crippen molar-refractivity contribution in [2.75, 3.05) is 13.1 Å². The average molecular weight is 276 g/mol. The summed E-state index contributed by atoms with van der Waals surface area (Å²) in [6.45, 7) is 3.89. The first-order valence-electron chi connectivity index (χ1n) is 6.81. The molecule has 0 spiro atoms. The highest BCUT2D eigenvalue weighted by molar-refractivity contribution is 5.92. The number of carbonyl (C=O) groups excluding carboxylic acids is 1. The van der Waals surface area contributed by atoms with E-state index in [1.54, 1.807) is 18.2 Å². The van der Waals surface area contributed by atoms with Crippen molar-refractivity contribution < 1.29 is 14.7 Å². The number of nitrogens with zero attached hydrogens (tertiary/aromatic N) is 1. The van der Waals surface area contributed by atoms with Crippen LogP contribution in [-0.2, 0) is 11.3 Å². The lowest BCUT2D eigenvalue weighted by Crippen LogP contribution is -2.33. The van der Waals surface area contributed by atoms with Gasteiger partial charge in [0.25, 0.3) is 0 Å². The van der Waals surface area contributed by atoms with Gasteiger partial charge in [-0.15, -0.1) is 0 Å². The summed E-state index contributed by atoms with van der Waals surface area (Å²) in [5.74, 6) is -1.16. The van der Waals surface area contributed by atoms with Gasteiger partial charge in [-0.3, -0.25) is 14.5 Å². The number of carboxylic acids is 1. The Kier molecular flexibility index (Phi) is 4.09. The number of hydrogen-bond acceptors (Lipinski definition) is 3. The third-order valence-corrected chi connectivity index (χ3v) is 4.18. The van der Waals surface area contributed by atoms with E-state index in [0.29, 0.717) is 31.5 Å². The number of carbonyl (C=O) groups is 2. The molecule has 1 amide bonds. The van der Waals surface area contributed by atoms with E-state index < -0.39 is 17.3 Å². The molecule has 2 rings (SSSR count).